The van der Waals surface area contributed by atoms with E-state index >= 15 is 0 Å². The summed E-state index contributed by atoms with van der Waals surface area (Å²) in [4.78, 5) is 20.9. The number of rotatable bonds is 3. The van der Waals surface area contributed by atoms with Crippen LogP contribution in [0.25, 0.3) is 16.7 Å². The first-order valence-corrected chi connectivity index (χ1v) is 11.8. The summed E-state index contributed by atoms with van der Waals surface area (Å²) >= 11 is 12.5. The molecule has 35 heavy (non-hydrogen) atoms. The summed E-state index contributed by atoms with van der Waals surface area (Å²) in [5, 5.41) is 0.804. The summed E-state index contributed by atoms with van der Waals surface area (Å²) in [7, 11) is 1.63. The van der Waals surface area contributed by atoms with E-state index in [1.54, 1.807) is 30.2 Å². The van der Waals surface area contributed by atoms with E-state index < -0.39 is 6.04 Å². The van der Waals surface area contributed by atoms with E-state index in [0.29, 0.717) is 15.6 Å². The number of carbonyl (C=O) groups is 1. The Morgan fingerprint density at radius 2 is 1.51 bits per heavy atom. The number of hydrogen-bond donors (Lipinski definition) is 0. The van der Waals surface area contributed by atoms with Crippen molar-refractivity contribution in [2.24, 2.45) is 0 Å². The molecule has 4 aromatic carbocycles. The van der Waals surface area contributed by atoms with Gasteiger partial charge in [-0.15, -0.1) is 0 Å². The summed E-state index contributed by atoms with van der Waals surface area (Å²) in [6, 6.07) is 27.9. The van der Waals surface area contributed by atoms with Crippen molar-refractivity contribution in [1.82, 2.24) is 9.55 Å². The SMILES string of the molecule is COc1ccc(C2c3nc4ccccc4n3-c3ccccc3N2C(=O)c2cc(Cl)cc(Cl)c2)cc1. The average Bonchev–Trinajstić information content (AvgIpc) is 3.26. The van der Waals surface area contributed by atoms with E-state index in [-0.39, 0.29) is 5.91 Å². The van der Waals surface area contributed by atoms with E-state index in [1.165, 1.54) is 0 Å². The third-order valence-electron chi connectivity index (χ3n) is 6.23. The van der Waals surface area contributed by atoms with Crippen molar-refractivity contribution in [3.8, 4) is 11.4 Å². The fraction of sp³-hybridized carbons (Fsp3) is 0.0714. The number of aromatic nitrogens is 2. The Kier molecular flexibility index (Phi) is 5.24. The highest BCUT2D eigenvalue weighted by atomic mass is 35.5. The molecule has 5 nitrogen and oxygen atoms in total. The van der Waals surface area contributed by atoms with Crippen LogP contribution >= 0.6 is 23.2 Å². The lowest BCUT2D eigenvalue weighted by Crippen LogP contribution is -2.40. The number of halogens is 2. The maximum Gasteiger partial charge on any atom is 0.259 e. The van der Waals surface area contributed by atoms with Crippen LogP contribution in [0.3, 0.4) is 0 Å². The van der Waals surface area contributed by atoms with E-state index in [4.69, 9.17) is 32.9 Å². The largest absolute Gasteiger partial charge is 0.497 e. The van der Waals surface area contributed by atoms with Crippen LogP contribution in [-0.2, 0) is 0 Å². The van der Waals surface area contributed by atoms with Crippen LogP contribution in [0.5, 0.6) is 5.75 Å². The highest BCUT2D eigenvalue weighted by Gasteiger charge is 2.39. The highest BCUT2D eigenvalue weighted by Crippen LogP contribution is 2.44. The van der Waals surface area contributed by atoms with Crippen LogP contribution in [-0.4, -0.2) is 22.6 Å². The minimum atomic E-state index is -0.492. The van der Waals surface area contributed by atoms with Crippen molar-refractivity contribution in [3.63, 3.8) is 0 Å². The number of methoxy groups -OCH3 is 1. The van der Waals surface area contributed by atoms with Crippen molar-refractivity contribution in [2.45, 2.75) is 6.04 Å². The summed E-state index contributed by atoms with van der Waals surface area (Å²) in [6.07, 6.45) is 0. The number of benzene rings is 4. The molecule has 1 unspecified atom stereocenters. The fourth-order valence-corrected chi connectivity index (χ4v) is 5.25. The Bertz CT molecular complexity index is 1570. The number of nitrogens with zero attached hydrogens (tertiary/aromatic N) is 3. The summed E-state index contributed by atoms with van der Waals surface area (Å²) in [5.41, 5.74) is 4.79. The number of anilines is 1. The first kappa shape index (κ1) is 21.7. The fourth-order valence-electron chi connectivity index (χ4n) is 4.72. The number of hydrogen-bond acceptors (Lipinski definition) is 3. The Morgan fingerprint density at radius 3 is 2.23 bits per heavy atom. The van der Waals surface area contributed by atoms with Gasteiger partial charge in [0.2, 0.25) is 0 Å². The molecular formula is C28H19Cl2N3O2. The molecule has 0 N–H and O–H groups in total. The lowest BCUT2D eigenvalue weighted by molar-refractivity contribution is 0.0978. The summed E-state index contributed by atoms with van der Waals surface area (Å²) in [5.74, 6) is 1.26. The second kappa shape index (κ2) is 8.45. The molecule has 0 radical (unpaired) electrons. The van der Waals surface area contributed by atoms with Gasteiger partial charge >= 0.3 is 0 Å². The molecule has 6 rings (SSSR count). The van der Waals surface area contributed by atoms with E-state index in [9.17, 15) is 4.79 Å². The topological polar surface area (TPSA) is 47.4 Å². The Hall–Kier alpha value is -3.80. The monoisotopic (exact) mass is 499 g/mol. The van der Waals surface area contributed by atoms with Gasteiger partial charge in [0.25, 0.3) is 5.91 Å². The first-order chi connectivity index (χ1) is 17.0. The Balaban J connectivity index is 1.64. The molecular weight excluding hydrogens is 481 g/mol. The number of amides is 1. The molecule has 1 aliphatic heterocycles. The lowest BCUT2D eigenvalue weighted by atomic mass is 9.98. The quantitative estimate of drug-likeness (QED) is 0.266. The lowest BCUT2D eigenvalue weighted by Gasteiger charge is -2.38. The van der Waals surface area contributed by atoms with Gasteiger partial charge in [-0.1, -0.05) is 59.6 Å². The molecule has 0 saturated carbocycles. The van der Waals surface area contributed by atoms with Gasteiger partial charge in [0, 0.05) is 15.6 Å². The second-order valence-electron chi connectivity index (χ2n) is 8.29. The summed E-state index contributed by atoms with van der Waals surface area (Å²) < 4.78 is 7.50. The zero-order chi connectivity index (χ0) is 24.1. The molecule has 1 atom stereocenters. The van der Waals surface area contributed by atoms with Crippen LogP contribution in [0.4, 0.5) is 5.69 Å². The predicted molar refractivity (Wildman–Crippen MR) is 139 cm³/mol. The minimum absolute atomic E-state index is 0.221. The number of para-hydroxylation sites is 4. The van der Waals surface area contributed by atoms with Crippen molar-refractivity contribution >= 4 is 45.8 Å². The van der Waals surface area contributed by atoms with Crippen molar-refractivity contribution < 1.29 is 9.53 Å². The zero-order valence-electron chi connectivity index (χ0n) is 18.7. The average molecular weight is 500 g/mol. The Morgan fingerprint density at radius 1 is 0.857 bits per heavy atom. The predicted octanol–water partition coefficient (Wildman–Crippen LogP) is 7.09. The Labute approximate surface area is 212 Å². The molecule has 0 fully saturated rings. The van der Waals surface area contributed by atoms with Crippen molar-refractivity contribution in [1.29, 1.82) is 0 Å². The van der Waals surface area contributed by atoms with Gasteiger partial charge in [-0.2, -0.15) is 0 Å². The van der Waals surface area contributed by atoms with Crippen LogP contribution < -0.4 is 9.64 Å². The maximum atomic E-state index is 14.1. The van der Waals surface area contributed by atoms with Crippen molar-refractivity contribution in [3.05, 3.63) is 118 Å². The van der Waals surface area contributed by atoms with E-state index in [0.717, 1.165) is 39.5 Å². The van der Waals surface area contributed by atoms with Crippen LogP contribution in [0.1, 0.15) is 27.8 Å². The molecule has 0 spiro atoms. The molecule has 5 aromatic rings. The minimum Gasteiger partial charge on any atom is -0.497 e. The van der Waals surface area contributed by atoms with Gasteiger partial charge in [-0.05, 0) is 60.2 Å². The molecule has 0 saturated heterocycles. The molecule has 2 heterocycles. The normalized spacial score (nSPS) is 14.5. The zero-order valence-corrected chi connectivity index (χ0v) is 20.2. The van der Waals surface area contributed by atoms with E-state index in [2.05, 4.69) is 4.57 Å². The standard InChI is InChI=1S/C28H19Cl2N3O2/c1-35-21-12-10-17(11-13-21)26-27-31-22-6-2-3-7-23(22)32(27)24-8-4-5-9-25(24)33(26)28(34)18-14-19(29)16-20(30)15-18/h2-16,26H,1H3. The second-order valence-corrected chi connectivity index (χ2v) is 9.16. The van der Waals surface area contributed by atoms with E-state index in [1.807, 2.05) is 72.8 Å². The van der Waals surface area contributed by atoms with Crippen LogP contribution in [0.2, 0.25) is 10.0 Å². The van der Waals surface area contributed by atoms with Crippen molar-refractivity contribution in [2.75, 3.05) is 12.0 Å². The molecule has 1 aliphatic rings. The number of ether oxygens (including phenoxy) is 1. The van der Waals surface area contributed by atoms with Gasteiger partial charge in [-0.3, -0.25) is 14.3 Å². The number of imidazole rings is 1. The molecule has 1 aromatic heterocycles. The van der Waals surface area contributed by atoms with Gasteiger partial charge in [0.15, 0.2) is 0 Å². The third-order valence-corrected chi connectivity index (χ3v) is 6.67. The molecule has 7 heteroatoms. The molecule has 0 bridgehead atoms. The van der Waals surface area contributed by atoms with Gasteiger partial charge in [0.1, 0.15) is 17.6 Å². The third kappa shape index (κ3) is 3.55. The molecule has 1 amide bonds. The first-order valence-electron chi connectivity index (χ1n) is 11.1. The van der Waals surface area contributed by atoms with Crippen LogP contribution in [0.15, 0.2) is 91.0 Å². The van der Waals surface area contributed by atoms with Gasteiger partial charge < -0.3 is 4.74 Å². The maximum absolute atomic E-state index is 14.1. The number of carbonyl (C=O) groups excluding carboxylic acids is 1. The molecule has 172 valence electrons. The highest BCUT2D eigenvalue weighted by molar-refractivity contribution is 6.35. The smallest absolute Gasteiger partial charge is 0.259 e. The van der Waals surface area contributed by atoms with Gasteiger partial charge in [-0.25, -0.2) is 4.98 Å². The van der Waals surface area contributed by atoms with Gasteiger partial charge in [0.05, 0.1) is 29.5 Å². The number of fused-ring (bicyclic) bond motifs is 5. The van der Waals surface area contributed by atoms with Crippen LogP contribution in [0, 0.1) is 0 Å². The summed E-state index contributed by atoms with van der Waals surface area (Å²) in [6.45, 7) is 0. The molecule has 0 aliphatic carbocycles.